The Balaban J connectivity index is 2.64. The predicted octanol–water partition coefficient (Wildman–Crippen LogP) is 2.37. The molecule has 0 spiro atoms. The van der Waals surface area contributed by atoms with Gasteiger partial charge in [-0.05, 0) is 34.0 Å². The molecule has 0 aliphatic carbocycles. The molecule has 0 bridgehead atoms. The van der Waals surface area contributed by atoms with Crippen LogP contribution >= 0.6 is 27.5 Å². The van der Waals surface area contributed by atoms with E-state index in [1.807, 2.05) is 11.9 Å². The fourth-order valence-corrected chi connectivity index (χ4v) is 1.78. The van der Waals surface area contributed by atoms with Gasteiger partial charge in [-0.15, -0.1) is 0 Å². The Morgan fingerprint density at radius 2 is 2.33 bits per heavy atom. The van der Waals surface area contributed by atoms with E-state index < -0.39 is 0 Å². The Morgan fingerprint density at radius 1 is 1.60 bits per heavy atom. The monoisotopic (exact) mass is 293 g/mol. The highest BCUT2D eigenvalue weighted by molar-refractivity contribution is 9.10. The van der Waals surface area contributed by atoms with Gasteiger partial charge in [-0.2, -0.15) is 4.98 Å². The van der Waals surface area contributed by atoms with Crippen molar-refractivity contribution < 1.29 is 4.74 Å². The minimum Gasteiger partial charge on any atom is -0.385 e. The molecule has 0 N–H and O–H groups in total. The van der Waals surface area contributed by atoms with Crippen molar-refractivity contribution in [3.63, 3.8) is 0 Å². The van der Waals surface area contributed by atoms with Crippen molar-refractivity contribution in [2.24, 2.45) is 0 Å². The van der Waals surface area contributed by atoms with Crippen LogP contribution in [0.5, 0.6) is 0 Å². The van der Waals surface area contributed by atoms with Gasteiger partial charge in [-0.1, -0.05) is 0 Å². The van der Waals surface area contributed by atoms with Crippen LogP contribution in [0.1, 0.15) is 6.42 Å². The van der Waals surface area contributed by atoms with Gasteiger partial charge in [0.15, 0.2) is 0 Å². The van der Waals surface area contributed by atoms with E-state index in [1.54, 1.807) is 13.3 Å². The molecule has 0 aromatic carbocycles. The number of ether oxygens (including phenoxy) is 1. The molecule has 0 amide bonds. The highest BCUT2D eigenvalue weighted by Gasteiger charge is 2.08. The van der Waals surface area contributed by atoms with Crippen LogP contribution in [-0.2, 0) is 4.74 Å². The summed E-state index contributed by atoms with van der Waals surface area (Å²) in [5.41, 5.74) is 0. The standard InChI is InChI=1S/C9H13BrClN3O/c1-14(4-3-5-15-2)8-7(10)6-12-9(11)13-8/h6H,3-5H2,1-2H3. The fraction of sp³-hybridized carbons (Fsp3) is 0.556. The number of rotatable bonds is 5. The lowest BCUT2D eigenvalue weighted by Gasteiger charge is -2.18. The highest BCUT2D eigenvalue weighted by atomic mass is 79.9. The number of nitrogens with zero attached hydrogens (tertiary/aromatic N) is 3. The normalized spacial score (nSPS) is 10.4. The van der Waals surface area contributed by atoms with Crippen molar-refractivity contribution in [2.45, 2.75) is 6.42 Å². The van der Waals surface area contributed by atoms with Crippen LogP contribution in [0.3, 0.4) is 0 Å². The third-order valence-electron chi connectivity index (χ3n) is 1.90. The Kier molecular flexibility index (Phi) is 5.28. The van der Waals surface area contributed by atoms with Gasteiger partial charge in [0.25, 0.3) is 0 Å². The lowest BCUT2D eigenvalue weighted by molar-refractivity contribution is 0.196. The van der Waals surface area contributed by atoms with Crippen LogP contribution < -0.4 is 4.90 Å². The Bertz CT molecular complexity index is 324. The highest BCUT2D eigenvalue weighted by Crippen LogP contribution is 2.23. The van der Waals surface area contributed by atoms with Crippen LogP contribution in [0.15, 0.2) is 10.7 Å². The number of hydrogen-bond acceptors (Lipinski definition) is 4. The van der Waals surface area contributed by atoms with Gasteiger partial charge in [0.1, 0.15) is 5.82 Å². The molecule has 0 atom stereocenters. The second kappa shape index (κ2) is 6.25. The zero-order valence-corrected chi connectivity index (χ0v) is 11.0. The first-order valence-electron chi connectivity index (χ1n) is 4.53. The second-order valence-electron chi connectivity index (χ2n) is 3.08. The molecule has 0 saturated heterocycles. The molecule has 0 aliphatic rings. The molecule has 1 aromatic heterocycles. The molecular formula is C9H13BrClN3O. The Labute approximate surface area is 103 Å². The summed E-state index contributed by atoms with van der Waals surface area (Å²) in [6.45, 7) is 1.60. The van der Waals surface area contributed by atoms with E-state index in [1.165, 1.54) is 0 Å². The number of aromatic nitrogens is 2. The predicted molar refractivity (Wildman–Crippen MR) is 64.5 cm³/mol. The smallest absolute Gasteiger partial charge is 0.224 e. The van der Waals surface area contributed by atoms with Gasteiger partial charge in [0.05, 0.1) is 4.47 Å². The van der Waals surface area contributed by atoms with E-state index in [2.05, 4.69) is 25.9 Å². The Morgan fingerprint density at radius 3 is 3.00 bits per heavy atom. The van der Waals surface area contributed by atoms with E-state index in [-0.39, 0.29) is 5.28 Å². The number of anilines is 1. The summed E-state index contributed by atoms with van der Waals surface area (Å²) in [6, 6.07) is 0. The van der Waals surface area contributed by atoms with Crippen LogP contribution in [0.25, 0.3) is 0 Å². The van der Waals surface area contributed by atoms with Gasteiger partial charge >= 0.3 is 0 Å². The van der Waals surface area contributed by atoms with Crippen molar-refractivity contribution in [3.8, 4) is 0 Å². The molecule has 1 rings (SSSR count). The minimum absolute atomic E-state index is 0.256. The van der Waals surface area contributed by atoms with E-state index >= 15 is 0 Å². The zero-order valence-electron chi connectivity index (χ0n) is 8.70. The van der Waals surface area contributed by atoms with E-state index in [0.29, 0.717) is 0 Å². The third-order valence-corrected chi connectivity index (χ3v) is 2.64. The van der Waals surface area contributed by atoms with Crippen molar-refractivity contribution in [3.05, 3.63) is 16.0 Å². The molecule has 1 aromatic rings. The van der Waals surface area contributed by atoms with Gasteiger partial charge in [-0.25, -0.2) is 4.98 Å². The van der Waals surface area contributed by atoms with Crippen LogP contribution in [0.4, 0.5) is 5.82 Å². The summed E-state index contributed by atoms with van der Waals surface area (Å²) in [6.07, 6.45) is 2.60. The molecular weight excluding hydrogens is 281 g/mol. The maximum absolute atomic E-state index is 5.73. The lowest BCUT2D eigenvalue weighted by atomic mass is 10.4. The second-order valence-corrected chi connectivity index (χ2v) is 4.27. The molecule has 84 valence electrons. The van der Waals surface area contributed by atoms with Crippen molar-refractivity contribution in [2.75, 3.05) is 32.2 Å². The van der Waals surface area contributed by atoms with Gasteiger partial charge in [0.2, 0.25) is 5.28 Å². The molecule has 0 aliphatic heterocycles. The lowest BCUT2D eigenvalue weighted by Crippen LogP contribution is -2.21. The molecule has 0 saturated carbocycles. The van der Waals surface area contributed by atoms with Gasteiger partial charge < -0.3 is 9.64 Å². The molecule has 1 heterocycles. The Hall–Kier alpha value is -0.390. The summed E-state index contributed by atoms with van der Waals surface area (Å²) in [5.74, 6) is 0.797. The first kappa shape index (κ1) is 12.7. The topological polar surface area (TPSA) is 38.2 Å². The first-order valence-corrected chi connectivity index (χ1v) is 5.70. The van der Waals surface area contributed by atoms with E-state index in [0.717, 1.165) is 29.9 Å². The summed E-state index contributed by atoms with van der Waals surface area (Å²) >= 11 is 9.11. The molecule has 0 fully saturated rings. The average molecular weight is 295 g/mol. The zero-order chi connectivity index (χ0) is 11.3. The van der Waals surface area contributed by atoms with Crippen molar-refractivity contribution in [1.29, 1.82) is 0 Å². The van der Waals surface area contributed by atoms with E-state index in [9.17, 15) is 0 Å². The van der Waals surface area contributed by atoms with Crippen LogP contribution in [0.2, 0.25) is 5.28 Å². The third kappa shape index (κ3) is 3.93. The summed E-state index contributed by atoms with van der Waals surface area (Å²) in [5, 5.41) is 0.256. The SMILES string of the molecule is COCCCN(C)c1nc(Cl)ncc1Br. The van der Waals surface area contributed by atoms with Gasteiger partial charge in [-0.3, -0.25) is 0 Å². The quantitative estimate of drug-likeness (QED) is 0.617. The van der Waals surface area contributed by atoms with Crippen molar-refractivity contribution >= 4 is 33.3 Å². The van der Waals surface area contributed by atoms with E-state index in [4.69, 9.17) is 16.3 Å². The largest absolute Gasteiger partial charge is 0.385 e. The molecule has 15 heavy (non-hydrogen) atoms. The number of halogens is 2. The van der Waals surface area contributed by atoms with Crippen LogP contribution in [-0.4, -0.2) is 37.3 Å². The fourth-order valence-electron chi connectivity index (χ4n) is 1.16. The number of methoxy groups -OCH3 is 1. The molecule has 0 radical (unpaired) electrons. The maximum atomic E-state index is 5.73. The molecule has 6 heteroatoms. The maximum Gasteiger partial charge on any atom is 0.224 e. The van der Waals surface area contributed by atoms with Crippen LogP contribution in [0, 0.1) is 0 Å². The molecule has 4 nitrogen and oxygen atoms in total. The summed E-state index contributed by atoms with van der Waals surface area (Å²) in [7, 11) is 3.65. The van der Waals surface area contributed by atoms with Crippen molar-refractivity contribution in [1.82, 2.24) is 9.97 Å². The van der Waals surface area contributed by atoms with Gasteiger partial charge in [0, 0.05) is 33.5 Å². The number of hydrogen-bond donors (Lipinski definition) is 0. The minimum atomic E-state index is 0.256. The summed E-state index contributed by atoms with van der Waals surface area (Å²) in [4.78, 5) is 10.0. The molecule has 0 unspecified atom stereocenters. The average Bonchev–Trinajstić information content (AvgIpc) is 2.22. The first-order chi connectivity index (χ1) is 7.15. The summed E-state index contributed by atoms with van der Waals surface area (Å²) < 4.78 is 5.82.